The van der Waals surface area contributed by atoms with Crippen molar-refractivity contribution in [3.8, 4) is 0 Å². The molecule has 0 N–H and O–H groups in total. The van der Waals surface area contributed by atoms with Gasteiger partial charge in [0.05, 0.1) is 0 Å². The van der Waals surface area contributed by atoms with Crippen molar-refractivity contribution in [2.24, 2.45) is 5.41 Å². The van der Waals surface area contributed by atoms with Gasteiger partial charge in [-0.2, -0.15) is 0 Å². The van der Waals surface area contributed by atoms with Crippen LogP contribution in [0.2, 0.25) is 0 Å². The van der Waals surface area contributed by atoms with E-state index in [2.05, 4.69) is 56.9 Å². The third-order valence-corrected chi connectivity index (χ3v) is 6.11. The Labute approximate surface area is 137 Å². The van der Waals surface area contributed by atoms with E-state index in [1.54, 1.807) is 11.1 Å². The van der Waals surface area contributed by atoms with Crippen LogP contribution in [0.3, 0.4) is 0 Å². The summed E-state index contributed by atoms with van der Waals surface area (Å²) < 4.78 is 0. The molecule has 3 rings (SSSR count). The molecule has 2 aliphatic rings. The van der Waals surface area contributed by atoms with Crippen molar-refractivity contribution < 1.29 is 0 Å². The normalized spacial score (nSPS) is 25.2. The zero-order valence-corrected chi connectivity index (χ0v) is 15.0. The van der Waals surface area contributed by atoms with Gasteiger partial charge in [0.1, 0.15) is 0 Å². The molecule has 1 aromatic carbocycles. The highest BCUT2D eigenvalue weighted by Gasteiger charge is 2.40. The van der Waals surface area contributed by atoms with Crippen molar-refractivity contribution in [1.82, 2.24) is 4.90 Å². The number of hydrogen-bond donors (Lipinski definition) is 0. The number of fused-ring (bicyclic) bond motifs is 2. The molecule has 1 heteroatoms. The molecule has 122 valence electrons. The quantitative estimate of drug-likeness (QED) is 0.711. The molecular weight excluding hydrogens is 266 g/mol. The minimum Gasteiger partial charge on any atom is -0.303 e. The van der Waals surface area contributed by atoms with Gasteiger partial charge < -0.3 is 4.90 Å². The first-order valence-corrected chi connectivity index (χ1v) is 9.21. The predicted molar refractivity (Wildman–Crippen MR) is 95.5 cm³/mol. The fourth-order valence-corrected chi connectivity index (χ4v) is 4.41. The van der Waals surface area contributed by atoms with E-state index in [-0.39, 0.29) is 0 Å². The van der Waals surface area contributed by atoms with E-state index in [0.29, 0.717) is 10.8 Å². The number of hydrogen-bond acceptors (Lipinski definition) is 1. The second-order valence-corrected chi connectivity index (χ2v) is 8.96. The highest BCUT2D eigenvalue weighted by molar-refractivity contribution is 5.39. The molecule has 0 radical (unpaired) electrons. The summed E-state index contributed by atoms with van der Waals surface area (Å²) in [6.45, 7) is 13.3. The first kappa shape index (κ1) is 16.1. The number of nitrogens with zero attached hydrogens (tertiary/aromatic N) is 1. The lowest BCUT2D eigenvalue weighted by molar-refractivity contribution is 0.129. The summed E-state index contributed by atoms with van der Waals surface area (Å²) in [7, 11) is 0. The van der Waals surface area contributed by atoms with Gasteiger partial charge >= 0.3 is 0 Å². The van der Waals surface area contributed by atoms with Crippen molar-refractivity contribution in [3.63, 3.8) is 0 Å². The summed E-state index contributed by atoms with van der Waals surface area (Å²) in [6.07, 6.45) is 6.81. The zero-order chi connectivity index (χ0) is 15.8. The minimum atomic E-state index is 0.460. The van der Waals surface area contributed by atoms with Gasteiger partial charge in [-0.25, -0.2) is 0 Å². The van der Waals surface area contributed by atoms with Gasteiger partial charge in [-0.05, 0) is 79.6 Å². The van der Waals surface area contributed by atoms with Crippen LogP contribution in [0, 0.1) is 5.41 Å². The lowest BCUT2D eigenvalue weighted by Gasteiger charge is -2.47. The van der Waals surface area contributed by atoms with Gasteiger partial charge in [0.25, 0.3) is 0 Å². The van der Waals surface area contributed by atoms with Crippen molar-refractivity contribution in [1.29, 1.82) is 0 Å². The van der Waals surface area contributed by atoms with Crippen LogP contribution < -0.4 is 0 Å². The van der Waals surface area contributed by atoms with E-state index >= 15 is 0 Å². The highest BCUT2D eigenvalue weighted by Crippen LogP contribution is 2.48. The first-order chi connectivity index (χ1) is 10.4. The lowest BCUT2D eigenvalue weighted by atomic mass is 9.62. The molecule has 0 bridgehead atoms. The van der Waals surface area contributed by atoms with Crippen LogP contribution in [-0.4, -0.2) is 24.5 Å². The average Bonchev–Trinajstić information content (AvgIpc) is 2.50. The number of benzene rings is 1. The van der Waals surface area contributed by atoms with Crippen LogP contribution in [0.4, 0.5) is 0 Å². The van der Waals surface area contributed by atoms with Gasteiger partial charge in [-0.3, -0.25) is 0 Å². The summed E-state index contributed by atoms with van der Waals surface area (Å²) in [5.41, 5.74) is 4.27. The van der Waals surface area contributed by atoms with Crippen LogP contribution >= 0.6 is 0 Å². The molecule has 1 atom stereocenters. The molecule has 1 heterocycles. The molecule has 1 saturated heterocycles. The van der Waals surface area contributed by atoms with Crippen LogP contribution in [-0.2, 0) is 5.41 Å². The fraction of sp³-hybridized carbons (Fsp3) is 0.714. The van der Waals surface area contributed by atoms with Gasteiger partial charge in [0, 0.05) is 0 Å². The Morgan fingerprint density at radius 1 is 1.09 bits per heavy atom. The van der Waals surface area contributed by atoms with E-state index in [0.717, 1.165) is 5.92 Å². The van der Waals surface area contributed by atoms with Crippen LogP contribution in [0.15, 0.2) is 24.3 Å². The molecule has 0 saturated carbocycles. The highest BCUT2D eigenvalue weighted by atomic mass is 15.1. The van der Waals surface area contributed by atoms with E-state index < -0.39 is 0 Å². The van der Waals surface area contributed by atoms with Crippen molar-refractivity contribution >= 4 is 0 Å². The van der Waals surface area contributed by atoms with Crippen molar-refractivity contribution in [3.05, 3.63) is 35.4 Å². The van der Waals surface area contributed by atoms with Crippen LogP contribution in [0.25, 0.3) is 0 Å². The SMILES string of the molecule is C[C@H]1CCC2(CCN(CCC(C)(C)C)CC2)c2ccccc21. The Bertz CT molecular complexity index is 503. The van der Waals surface area contributed by atoms with Gasteiger partial charge in [-0.15, -0.1) is 0 Å². The third kappa shape index (κ3) is 3.25. The smallest absolute Gasteiger partial charge is 0.00102 e. The van der Waals surface area contributed by atoms with Gasteiger partial charge in [0.2, 0.25) is 0 Å². The second kappa shape index (κ2) is 6.00. The Morgan fingerprint density at radius 2 is 1.77 bits per heavy atom. The van der Waals surface area contributed by atoms with Gasteiger partial charge in [0.15, 0.2) is 0 Å². The molecule has 0 aromatic heterocycles. The molecule has 1 aliphatic heterocycles. The van der Waals surface area contributed by atoms with E-state index in [1.807, 2.05) is 0 Å². The zero-order valence-electron chi connectivity index (χ0n) is 15.0. The minimum absolute atomic E-state index is 0.460. The topological polar surface area (TPSA) is 3.24 Å². The summed E-state index contributed by atoms with van der Waals surface area (Å²) >= 11 is 0. The summed E-state index contributed by atoms with van der Waals surface area (Å²) in [5.74, 6) is 0.751. The maximum absolute atomic E-state index is 2.71. The molecule has 22 heavy (non-hydrogen) atoms. The molecule has 1 aliphatic carbocycles. The van der Waals surface area contributed by atoms with E-state index in [4.69, 9.17) is 0 Å². The standard InChI is InChI=1S/C21H33N/c1-17-9-10-21(19-8-6-5-7-18(17)19)12-15-22(16-13-21)14-11-20(2,3)4/h5-8,17H,9-16H2,1-4H3/t17-/m0/s1. The summed E-state index contributed by atoms with van der Waals surface area (Å²) in [6, 6.07) is 9.29. The molecule has 1 fully saturated rings. The van der Waals surface area contributed by atoms with Gasteiger partial charge in [-0.1, -0.05) is 52.0 Å². The Balaban J connectivity index is 1.69. The summed E-state index contributed by atoms with van der Waals surface area (Å²) in [5, 5.41) is 0. The number of rotatable bonds is 2. The second-order valence-electron chi connectivity index (χ2n) is 8.96. The van der Waals surface area contributed by atoms with E-state index in [1.165, 1.54) is 51.7 Å². The summed E-state index contributed by atoms with van der Waals surface area (Å²) in [4.78, 5) is 2.71. The Hall–Kier alpha value is -0.820. The molecule has 1 nitrogen and oxygen atoms in total. The number of likely N-dealkylation sites (tertiary alicyclic amines) is 1. The Kier molecular flexibility index (Phi) is 4.38. The van der Waals surface area contributed by atoms with Crippen LogP contribution in [0.1, 0.15) is 76.8 Å². The number of piperidine rings is 1. The maximum atomic E-state index is 2.71. The largest absolute Gasteiger partial charge is 0.303 e. The molecule has 0 unspecified atom stereocenters. The molecular formula is C21H33N. The van der Waals surface area contributed by atoms with Crippen molar-refractivity contribution in [2.75, 3.05) is 19.6 Å². The average molecular weight is 300 g/mol. The lowest BCUT2D eigenvalue weighted by Crippen LogP contribution is -2.45. The maximum Gasteiger partial charge on any atom is -0.00102 e. The van der Waals surface area contributed by atoms with Crippen LogP contribution in [0.5, 0.6) is 0 Å². The van der Waals surface area contributed by atoms with Crippen molar-refractivity contribution in [2.45, 2.75) is 71.1 Å². The molecule has 1 spiro atoms. The third-order valence-electron chi connectivity index (χ3n) is 6.11. The van der Waals surface area contributed by atoms with E-state index in [9.17, 15) is 0 Å². The molecule has 0 amide bonds. The monoisotopic (exact) mass is 299 g/mol. The predicted octanol–water partition coefficient (Wildman–Crippen LogP) is 5.35. The Morgan fingerprint density at radius 3 is 2.45 bits per heavy atom. The first-order valence-electron chi connectivity index (χ1n) is 9.21. The fourth-order valence-electron chi connectivity index (χ4n) is 4.41. The molecule has 1 aromatic rings.